The summed E-state index contributed by atoms with van der Waals surface area (Å²) in [6, 6.07) is 10.2. The summed E-state index contributed by atoms with van der Waals surface area (Å²) in [7, 11) is 0. The van der Waals surface area contributed by atoms with Crippen molar-refractivity contribution in [2.24, 2.45) is 4.99 Å². The van der Waals surface area contributed by atoms with E-state index in [9.17, 15) is 4.39 Å². The van der Waals surface area contributed by atoms with Crippen LogP contribution < -0.4 is 10.6 Å². The molecular formula is C19H22FIN4OS. The van der Waals surface area contributed by atoms with Crippen molar-refractivity contribution in [3.05, 3.63) is 64.4 Å². The minimum atomic E-state index is -0.275. The predicted molar refractivity (Wildman–Crippen MR) is 118 cm³/mol. The first-order valence-electron chi connectivity index (χ1n) is 8.49. The van der Waals surface area contributed by atoms with Gasteiger partial charge in [0.25, 0.3) is 0 Å². The number of rotatable bonds is 7. The highest BCUT2D eigenvalue weighted by Gasteiger charge is 2.07. The molecule has 0 spiro atoms. The van der Waals surface area contributed by atoms with E-state index in [2.05, 4.69) is 32.1 Å². The Bertz CT molecular complexity index is 834. The fourth-order valence-electron chi connectivity index (χ4n) is 2.36. The second-order valence-electron chi connectivity index (χ2n) is 5.60. The lowest BCUT2D eigenvalue weighted by atomic mass is 10.2. The Labute approximate surface area is 179 Å². The molecule has 1 aromatic carbocycles. The molecule has 2 N–H and O–H groups in total. The van der Waals surface area contributed by atoms with E-state index in [0.717, 1.165) is 23.8 Å². The molecular weight excluding hydrogens is 478 g/mol. The summed E-state index contributed by atoms with van der Waals surface area (Å²) in [5.74, 6) is 1.00. The standard InChI is InChI=1S/C19H21FN4OS.HI/c1-2-21-19(23-12-17-4-3-11-26-17)22-10-9-16-13-25-18(24-16)14-5-7-15(20)8-6-14;/h3-8,11,13H,2,9-10,12H2,1H3,(H2,21,22,23);1H. The van der Waals surface area contributed by atoms with E-state index in [0.29, 0.717) is 25.4 Å². The summed E-state index contributed by atoms with van der Waals surface area (Å²) in [6.45, 7) is 4.18. The molecule has 0 atom stereocenters. The Morgan fingerprint density at radius 2 is 2.04 bits per heavy atom. The van der Waals surface area contributed by atoms with Gasteiger partial charge in [0.2, 0.25) is 5.89 Å². The van der Waals surface area contributed by atoms with Gasteiger partial charge in [0, 0.05) is 30.0 Å². The third-order valence-electron chi connectivity index (χ3n) is 3.63. The highest BCUT2D eigenvalue weighted by Crippen LogP contribution is 2.19. The van der Waals surface area contributed by atoms with E-state index in [1.54, 1.807) is 29.7 Å². The minimum absolute atomic E-state index is 0. The maximum absolute atomic E-state index is 13.0. The van der Waals surface area contributed by atoms with E-state index >= 15 is 0 Å². The Morgan fingerprint density at radius 1 is 1.22 bits per heavy atom. The van der Waals surface area contributed by atoms with Crippen molar-refractivity contribution in [1.29, 1.82) is 0 Å². The summed E-state index contributed by atoms with van der Waals surface area (Å²) >= 11 is 1.70. The number of nitrogens with one attached hydrogen (secondary N) is 2. The van der Waals surface area contributed by atoms with Gasteiger partial charge in [-0.25, -0.2) is 14.4 Å². The van der Waals surface area contributed by atoms with Crippen molar-refractivity contribution < 1.29 is 8.81 Å². The van der Waals surface area contributed by atoms with Gasteiger partial charge >= 0.3 is 0 Å². The van der Waals surface area contributed by atoms with Crippen molar-refractivity contribution in [3.63, 3.8) is 0 Å². The molecule has 5 nitrogen and oxygen atoms in total. The van der Waals surface area contributed by atoms with Crippen LogP contribution in [-0.4, -0.2) is 24.0 Å². The summed E-state index contributed by atoms with van der Waals surface area (Å²) in [5, 5.41) is 8.58. The minimum Gasteiger partial charge on any atom is -0.444 e. The molecule has 2 heterocycles. The highest BCUT2D eigenvalue weighted by molar-refractivity contribution is 14.0. The van der Waals surface area contributed by atoms with Gasteiger partial charge in [0.15, 0.2) is 5.96 Å². The molecule has 0 aliphatic rings. The van der Waals surface area contributed by atoms with Crippen LogP contribution in [0.25, 0.3) is 11.5 Å². The summed E-state index contributed by atoms with van der Waals surface area (Å²) in [5.41, 5.74) is 1.60. The fraction of sp³-hybridized carbons (Fsp3) is 0.263. The molecule has 0 saturated carbocycles. The monoisotopic (exact) mass is 500 g/mol. The van der Waals surface area contributed by atoms with Gasteiger partial charge < -0.3 is 15.1 Å². The molecule has 0 fully saturated rings. The van der Waals surface area contributed by atoms with Gasteiger partial charge in [0.05, 0.1) is 12.2 Å². The summed E-state index contributed by atoms with van der Waals surface area (Å²) in [6.07, 6.45) is 2.34. The Hall–Kier alpha value is -1.94. The molecule has 0 amide bonds. The number of hydrogen-bond acceptors (Lipinski definition) is 4. The number of benzene rings is 1. The van der Waals surface area contributed by atoms with Crippen LogP contribution >= 0.6 is 35.3 Å². The van der Waals surface area contributed by atoms with Crippen LogP contribution in [0.4, 0.5) is 4.39 Å². The molecule has 2 aromatic heterocycles. The zero-order valence-corrected chi connectivity index (χ0v) is 18.1. The number of oxazole rings is 1. The van der Waals surface area contributed by atoms with Crippen LogP contribution in [0, 0.1) is 5.82 Å². The molecule has 0 aliphatic heterocycles. The molecule has 0 unspecified atom stereocenters. The van der Waals surface area contributed by atoms with Crippen LogP contribution in [0.1, 0.15) is 17.5 Å². The number of aromatic nitrogens is 1. The van der Waals surface area contributed by atoms with Gasteiger partial charge in [-0.1, -0.05) is 6.07 Å². The first kappa shape index (κ1) is 21.4. The summed E-state index contributed by atoms with van der Waals surface area (Å²) < 4.78 is 18.5. The van der Waals surface area contributed by atoms with Gasteiger partial charge in [-0.3, -0.25) is 0 Å². The number of nitrogens with zero attached hydrogens (tertiary/aromatic N) is 2. The van der Waals surface area contributed by atoms with Gasteiger partial charge in [-0.05, 0) is 42.6 Å². The molecule has 3 rings (SSSR count). The highest BCUT2D eigenvalue weighted by atomic mass is 127. The number of thiophene rings is 1. The number of aliphatic imine (C=N–C) groups is 1. The Balaban J connectivity index is 0.00000261. The SMILES string of the molecule is CCNC(=NCc1cccs1)NCCc1coc(-c2ccc(F)cc2)n1.I. The lowest BCUT2D eigenvalue weighted by molar-refractivity contribution is 0.571. The molecule has 27 heavy (non-hydrogen) atoms. The number of hydrogen-bond donors (Lipinski definition) is 2. The van der Waals surface area contributed by atoms with E-state index in [1.807, 2.05) is 13.0 Å². The normalized spacial score (nSPS) is 11.1. The van der Waals surface area contributed by atoms with Crippen molar-refractivity contribution in [3.8, 4) is 11.5 Å². The smallest absolute Gasteiger partial charge is 0.226 e. The van der Waals surface area contributed by atoms with Crippen molar-refractivity contribution >= 4 is 41.3 Å². The number of halogens is 2. The lowest BCUT2D eigenvalue weighted by Crippen LogP contribution is -2.38. The van der Waals surface area contributed by atoms with E-state index in [1.165, 1.54) is 17.0 Å². The van der Waals surface area contributed by atoms with Gasteiger partial charge in [-0.2, -0.15) is 0 Å². The zero-order chi connectivity index (χ0) is 18.2. The van der Waals surface area contributed by atoms with Gasteiger partial charge in [0.1, 0.15) is 12.1 Å². The van der Waals surface area contributed by atoms with Crippen molar-refractivity contribution in [1.82, 2.24) is 15.6 Å². The lowest BCUT2D eigenvalue weighted by Gasteiger charge is -2.10. The first-order valence-corrected chi connectivity index (χ1v) is 9.37. The maximum Gasteiger partial charge on any atom is 0.226 e. The Morgan fingerprint density at radius 3 is 2.74 bits per heavy atom. The van der Waals surface area contributed by atoms with E-state index < -0.39 is 0 Å². The molecule has 0 aliphatic carbocycles. The third-order valence-corrected chi connectivity index (χ3v) is 4.49. The molecule has 8 heteroatoms. The summed E-state index contributed by atoms with van der Waals surface area (Å²) in [4.78, 5) is 10.3. The maximum atomic E-state index is 13.0. The molecule has 3 aromatic rings. The average Bonchev–Trinajstić information content (AvgIpc) is 3.32. The molecule has 0 bridgehead atoms. The molecule has 0 radical (unpaired) electrons. The second-order valence-corrected chi connectivity index (χ2v) is 6.63. The topological polar surface area (TPSA) is 62.5 Å². The largest absolute Gasteiger partial charge is 0.444 e. The molecule has 144 valence electrons. The second kappa shape index (κ2) is 11.0. The van der Waals surface area contributed by atoms with Crippen molar-refractivity contribution in [2.45, 2.75) is 19.9 Å². The number of guanidine groups is 1. The predicted octanol–water partition coefficient (Wildman–Crippen LogP) is 4.46. The van der Waals surface area contributed by atoms with Crippen LogP contribution in [0.2, 0.25) is 0 Å². The first-order chi connectivity index (χ1) is 12.7. The van der Waals surface area contributed by atoms with Crippen LogP contribution in [0.3, 0.4) is 0 Å². The van der Waals surface area contributed by atoms with Crippen LogP contribution in [-0.2, 0) is 13.0 Å². The van der Waals surface area contributed by atoms with Crippen LogP contribution in [0.15, 0.2) is 57.5 Å². The van der Waals surface area contributed by atoms with E-state index in [-0.39, 0.29) is 29.8 Å². The fourth-order valence-corrected chi connectivity index (χ4v) is 2.99. The van der Waals surface area contributed by atoms with Crippen LogP contribution in [0.5, 0.6) is 0 Å². The van der Waals surface area contributed by atoms with Crippen molar-refractivity contribution in [2.75, 3.05) is 13.1 Å². The van der Waals surface area contributed by atoms with E-state index in [4.69, 9.17) is 4.42 Å². The zero-order valence-electron chi connectivity index (χ0n) is 14.9. The average molecular weight is 500 g/mol. The molecule has 0 saturated heterocycles. The third kappa shape index (κ3) is 6.62. The Kier molecular flexibility index (Phi) is 8.73. The quantitative estimate of drug-likeness (QED) is 0.286. The van der Waals surface area contributed by atoms with Gasteiger partial charge in [-0.15, -0.1) is 35.3 Å².